The minimum Gasteiger partial charge on any atom is -0.465 e. The van der Waals surface area contributed by atoms with Gasteiger partial charge in [-0.15, -0.1) is 0 Å². The minimum atomic E-state index is -0.436. The molecule has 2 N–H and O–H groups in total. The van der Waals surface area contributed by atoms with Crippen LogP contribution in [0.3, 0.4) is 0 Å². The third-order valence-electron chi connectivity index (χ3n) is 4.69. The van der Waals surface area contributed by atoms with Crippen molar-refractivity contribution in [2.75, 3.05) is 26.7 Å². The van der Waals surface area contributed by atoms with E-state index in [1.165, 1.54) is 12.7 Å². The van der Waals surface area contributed by atoms with Crippen LogP contribution in [0.25, 0.3) is 0 Å². The number of hydrogen-bond donors (Lipinski definition) is 2. The Bertz CT molecular complexity index is 748. The lowest BCUT2D eigenvalue weighted by molar-refractivity contribution is 0.0599. The Morgan fingerprint density at radius 1 is 1.31 bits per heavy atom. The quantitative estimate of drug-likeness (QED) is 0.692. The molecule has 0 fully saturated rings. The highest BCUT2D eigenvalue weighted by molar-refractivity contribution is 7.07. The van der Waals surface area contributed by atoms with Gasteiger partial charge < -0.3 is 15.0 Å². The van der Waals surface area contributed by atoms with E-state index < -0.39 is 5.97 Å². The van der Waals surface area contributed by atoms with E-state index in [4.69, 9.17) is 4.74 Å². The van der Waals surface area contributed by atoms with Gasteiger partial charge in [0.1, 0.15) is 5.69 Å². The number of carbonyl (C=O) groups is 2. The first-order valence-corrected chi connectivity index (χ1v) is 9.70. The molecule has 0 unspecified atom stereocenters. The van der Waals surface area contributed by atoms with Gasteiger partial charge in [0, 0.05) is 12.2 Å². The Kier molecular flexibility index (Phi) is 6.99. The van der Waals surface area contributed by atoms with Gasteiger partial charge in [0.2, 0.25) is 0 Å². The number of hydrogen-bond acceptors (Lipinski definition) is 5. The fraction of sp³-hybridized carbons (Fsp3) is 0.474. The Morgan fingerprint density at radius 3 is 2.54 bits per heavy atom. The zero-order valence-corrected chi connectivity index (χ0v) is 16.8. The summed E-state index contributed by atoms with van der Waals surface area (Å²) in [5.41, 5.74) is 3.29. The van der Waals surface area contributed by atoms with Gasteiger partial charge in [-0.1, -0.05) is 13.8 Å². The van der Waals surface area contributed by atoms with Gasteiger partial charge in [-0.2, -0.15) is 11.3 Å². The first kappa shape index (κ1) is 20.2. The number of amides is 1. The average Bonchev–Trinajstić information content (AvgIpc) is 3.26. The molecule has 7 heteroatoms. The van der Waals surface area contributed by atoms with Crippen LogP contribution in [0.2, 0.25) is 0 Å². The smallest absolute Gasteiger partial charge is 0.339 e. The normalized spacial score (nSPS) is 12.2. The molecule has 0 saturated heterocycles. The number of aromatic nitrogens is 1. The molecule has 2 aromatic rings. The molecule has 142 valence electrons. The summed E-state index contributed by atoms with van der Waals surface area (Å²) in [7, 11) is 1.34. The SMILES string of the molecule is CCN(CC)[C@@H](CNC(=O)c1[nH]c(C)c(C(=O)OC)c1C)c1ccsc1. The predicted octanol–water partition coefficient (Wildman–Crippen LogP) is 3.29. The number of thiophene rings is 1. The largest absolute Gasteiger partial charge is 0.465 e. The molecule has 1 atom stereocenters. The van der Waals surface area contributed by atoms with Crippen molar-refractivity contribution in [2.24, 2.45) is 0 Å². The summed E-state index contributed by atoms with van der Waals surface area (Å²) in [6.07, 6.45) is 0. The van der Waals surface area contributed by atoms with E-state index in [2.05, 4.69) is 45.9 Å². The fourth-order valence-corrected chi connectivity index (χ4v) is 3.96. The molecule has 0 spiro atoms. The molecule has 0 aromatic carbocycles. The molecule has 1 amide bonds. The van der Waals surface area contributed by atoms with Gasteiger partial charge in [-0.05, 0) is 54.9 Å². The van der Waals surface area contributed by atoms with Gasteiger partial charge >= 0.3 is 5.97 Å². The zero-order valence-electron chi connectivity index (χ0n) is 16.0. The highest BCUT2D eigenvalue weighted by atomic mass is 32.1. The Hall–Kier alpha value is -2.12. The molecule has 0 saturated carbocycles. The monoisotopic (exact) mass is 377 g/mol. The third kappa shape index (κ3) is 4.16. The van der Waals surface area contributed by atoms with E-state index in [0.29, 0.717) is 29.1 Å². The van der Waals surface area contributed by atoms with E-state index in [1.807, 2.05) is 0 Å². The first-order chi connectivity index (χ1) is 12.4. The molecule has 26 heavy (non-hydrogen) atoms. The number of methoxy groups -OCH3 is 1. The summed E-state index contributed by atoms with van der Waals surface area (Å²) in [5.74, 6) is -0.650. The molecule has 6 nitrogen and oxygen atoms in total. The third-order valence-corrected chi connectivity index (χ3v) is 5.39. The van der Waals surface area contributed by atoms with Crippen LogP contribution in [0.15, 0.2) is 16.8 Å². The van der Waals surface area contributed by atoms with E-state index in [-0.39, 0.29) is 11.9 Å². The maximum Gasteiger partial charge on any atom is 0.339 e. The summed E-state index contributed by atoms with van der Waals surface area (Å²) < 4.78 is 4.80. The van der Waals surface area contributed by atoms with Crippen LogP contribution in [0.5, 0.6) is 0 Å². The highest BCUT2D eigenvalue weighted by Crippen LogP contribution is 2.23. The number of rotatable bonds is 8. The van der Waals surface area contributed by atoms with Crippen LogP contribution in [0.4, 0.5) is 0 Å². The molecular weight excluding hydrogens is 350 g/mol. The summed E-state index contributed by atoms with van der Waals surface area (Å²) in [5, 5.41) is 7.19. The molecule has 2 heterocycles. The van der Waals surface area contributed by atoms with Crippen LogP contribution in [0, 0.1) is 13.8 Å². The molecule has 0 radical (unpaired) electrons. The number of nitrogens with one attached hydrogen (secondary N) is 2. The summed E-state index contributed by atoms with van der Waals surface area (Å²) in [6, 6.07) is 2.22. The lowest BCUT2D eigenvalue weighted by Gasteiger charge is -2.29. The van der Waals surface area contributed by atoms with Crippen molar-refractivity contribution in [2.45, 2.75) is 33.7 Å². The number of nitrogens with zero attached hydrogens (tertiary/aromatic N) is 1. The molecule has 2 aromatic heterocycles. The van der Waals surface area contributed by atoms with Crippen molar-refractivity contribution in [3.05, 3.63) is 44.9 Å². The van der Waals surface area contributed by atoms with Crippen LogP contribution in [-0.4, -0.2) is 48.5 Å². The second-order valence-corrected chi connectivity index (χ2v) is 6.90. The van der Waals surface area contributed by atoms with Crippen molar-refractivity contribution < 1.29 is 14.3 Å². The highest BCUT2D eigenvalue weighted by Gasteiger charge is 2.24. The molecule has 0 aliphatic rings. The van der Waals surface area contributed by atoms with E-state index in [0.717, 1.165) is 13.1 Å². The van der Waals surface area contributed by atoms with Crippen LogP contribution in [0.1, 0.15) is 57.6 Å². The number of carbonyl (C=O) groups excluding carboxylic acids is 2. The van der Waals surface area contributed by atoms with Crippen molar-refractivity contribution in [3.8, 4) is 0 Å². The topological polar surface area (TPSA) is 74.4 Å². The number of esters is 1. The van der Waals surface area contributed by atoms with Crippen LogP contribution >= 0.6 is 11.3 Å². The number of H-pyrrole nitrogens is 1. The maximum absolute atomic E-state index is 12.7. The lowest BCUT2D eigenvalue weighted by atomic mass is 10.1. The molecular formula is C19H27N3O3S. The maximum atomic E-state index is 12.7. The van der Waals surface area contributed by atoms with Crippen LogP contribution < -0.4 is 5.32 Å². The van der Waals surface area contributed by atoms with E-state index in [9.17, 15) is 9.59 Å². The van der Waals surface area contributed by atoms with Gasteiger partial charge in [0.25, 0.3) is 5.91 Å². The van der Waals surface area contributed by atoms with Crippen molar-refractivity contribution in [1.29, 1.82) is 0 Å². The zero-order chi connectivity index (χ0) is 19.3. The summed E-state index contributed by atoms with van der Waals surface area (Å²) in [6.45, 7) is 10.1. The Balaban J connectivity index is 2.17. The number of aromatic amines is 1. The van der Waals surface area contributed by atoms with Crippen molar-refractivity contribution in [3.63, 3.8) is 0 Å². The predicted molar refractivity (Wildman–Crippen MR) is 104 cm³/mol. The number of aryl methyl sites for hydroxylation is 1. The van der Waals surface area contributed by atoms with Crippen molar-refractivity contribution in [1.82, 2.24) is 15.2 Å². The van der Waals surface area contributed by atoms with Gasteiger partial charge in [0.15, 0.2) is 0 Å². The number of ether oxygens (including phenoxy) is 1. The molecule has 2 rings (SSSR count). The Labute approximate surface area is 158 Å². The fourth-order valence-electron chi connectivity index (χ4n) is 3.25. The second kappa shape index (κ2) is 9.00. The molecule has 0 aliphatic heterocycles. The van der Waals surface area contributed by atoms with Crippen molar-refractivity contribution >= 4 is 23.2 Å². The minimum absolute atomic E-state index is 0.122. The summed E-state index contributed by atoms with van der Waals surface area (Å²) in [4.78, 5) is 29.9. The van der Waals surface area contributed by atoms with Crippen LogP contribution in [-0.2, 0) is 4.74 Å². The van der Waals surface area contributed by atoms with Gasteiger partial charge in [-0.25, -0.2) is 4.79 Å². The van der Waals surface area contributed by atoms with E-state index >= 15 is 0 Å². The lowest BCUT2D eigenvalue weighted by Crippen LogP contribution is -2.38. The average molecular weight is 378 g/mol. The number of likely N-dealkylation sites (N-methyl/N-ethyl adjacent to an activating group) is 1. The second-order valence-electron chi connectivity index (χ2n) is 6.12. The van der Waals surface area contributed by atoms with Gasteiger partial charge in [-0.3, -0.25) is 9.69 Å². The molecule has 0 bridgehead atoms. The van der Waals surface area contributed by atoms with E-state index in [1.54, 1.807) is 25.2 Å². The first-order valence-electron chi connectivity index (χ1n) is 8.76. The Morgan fingerprint density at radius 2 is 2.00 bits per heavy atom. The van der Waals surface area contributed by atoms with Gasteiger partial charge in [0.05, 0.1) is 18.7 Å². The summed E-state index contributed by atoms with van der Waals surface area (Å²) >= 11 is 1.65. The molecule has 0 aliphatic carbocycles. The standard InChI is InChI=1S/C19H27N3O3S/c1-6-22(7-2)15(14-8-9-26-11-14)10-20-18(23)17-12(3)16(13(4)21-17)19(24)25-5/h8-9,11,15,21H,6-7,10H2,1-5H3,(H,20,23)/t15-/m0/s1.